The van der Waals surface area contributed by atoms with Gasteiger partial charge >= 0.3 is 12.1 Å². The third kappa shape index (κ3) is 6.18. The van der Waals surface area contributed by atoms with Crippen LogP contribution in [0.25, 0.3) is 10.9 Å². The summed E-state index contributed by atoms with van der Waals surface area (Å²) in [6.45, 7) is 6.50. The average Bonchev–Trinajstić information content (AvgIpc) is 2.83. The number of ether oxygens (including phenoxy) is 1. The van der Waals surface area contributed by atoms with Crippen molar-refractivity contribution in [1.29, 1.82) is 0 Å². The molecule has 1 unspecified atom stereocenters. The number of halogens is 1. The van der Waals surface area contributed by atoms with Crippen LogP contribution in [0.3, 0.4) is 0 Å². The number of urea groups is 1. The van der Waals surface area contributed by atoms with Crippen molar-refractivity contribution in [1.82, 2.24) is 20.5 Å². The van der Waals surface area contributed by atoms with E-state index in [4.69, 9.17) is 16.3 Å². The lowest BCUT2D eigenvalue weighted by atomic mass is 9.98. The van der Waals surface area contributed by atoms with Crippen molar-refractivity contribution in [2.45, 2.75) is 51.3 Å². The Labute approximate surface area is 215 Å². The molecule has 1 aromatic heterocycles. The van der Waals surface area contributed by atoms with Gasteiger partial charge in [0.2, 0.25) is 0 Å². The number of rotatable bonds is 4. The molecule has 3 amide bonds. The summed E-state index contributed by atoms with van der Waals surface area (Å²) in [5.74, 6) is 0. The number of hydrogen-bond donors (Lipinski definition) is 3. The number of pyridine rings is 1. The van der Waals surface area contributed by atoms with E-state index in [9.17, 15) is 14.4 Å². The number of carbonyl (C=O) groups excluding carboxylic acids is 2. The number of hydrogen-bond acceptors (Lipinski definition) is 4. The zero-order valence-corrected chi connectivity index (χ0v) is 21.4. The predicted octanol–water partition coefficient (Wildman–Crippen LogP) is 4.97. The molecular weight excluding hydrogens is 480 g/mol. The van der Waals surface area contributed by atoms with Crippen molar-refractivity contribution in [2.24, 2.45) is 0 Å². The first kappa shape index (κ1) is 25.6. The normalized spacial score (nSPS) is 15.4. The van der Waals surface area contributed by atoms with Crippen molar-refractivity contribution in [3.63, 3.8) is 0 Å². The fourth-order valence-electron chi connectivity index (χ4n) is 4.30. The SMILES string of the molecule is CC(C)(C)OC(=O)N1CCC(NC(=O)NC(c2ccccc2)c2c[nH]c3cc(Cl)ccc3c2=O)CC1. The van der Waals surface area contributed by atoms with Gasteiger partial charge < -0.3 is 25.3 Å². The highest BCUT2D eigenvalue weighted by Gasteiger charge is 2.28. The van der Waals surface area contributed by atoms with Gasteiger partial charge in [-0.25, -0.2) is 9.59 Å². The summed E-state index contributed by atoms with van der Waals surface area (Å²) in [6, 6.07) is 13.3. The Morgan fingerprint density at radius 2 is 1.81 bits per heavy atom. The minimum absolute atomic E-state index is 0.0999. The van der Waals surface area contributed by atoms with Gasteiger partial charge in [-0.05, 0) is 57.4 Å². The van der Waals surface area contributed by atoms with Crippen molar-refractivity contribution in [2.75, 3.05) is 13.1 Å². The largest absolute Gasteiger partial charge is 0.444 e. The summed E-state index contributed by atoms with van der Waals surface area (Å²) in [6.07, 6.45) is 2.50. The first-order valence-corrected chi connectivity index (χ1v) is 12.4. The van der Waals surface area contributed by atoms with Gasteiger partial charge in [-0.15, -0.1) is 0 Å². The molecule has 190 valence electrons. The first-order valence-electron chi connectivity index (χ1n) is 12.0. The molecule has 0 spiro atoms. The number of carbonyl (C=O) groups is 2. The van der Waals surface area contributed by atoms with Gasteiger partial charge in [0.25, 0.3) is 0 Å². The Morgan fingerprint density at radius 1 is 1.11 bits per heavy atom. The summed E-state index contributed by atoms with van der Waals surface area (Å²) in [5, 5.41) is 7.00. The van der Waals surface area contributed by atoms with Crippen LogP contribution < -0.4 is 16.1 Å². The molecule has 2 heterocycles. The number of nitrogens with zero attached hydrogens (tertiary/aromatic N) is 1. The lowest BCUT2D eigenvalue weighted by Gasteiger charge is -2.34. The lowest BCUT2D eigenvalue weighted by molar-refractivity contribution is 0.0201. The van der Waals surface area contributed by atoms with Crippen molar-refractivity contribution in [3.8, 4) is 0 Å². The highest BCUT2D eigenvalue weighted by Crippen LogP contribution is 2.22. The summed E-state index contributed by atoms with van der Waals surface area (Å²) in [4.78, 5) is 43.5. The third-order valence-electron chi connectivity index (χ3n) is 6.07. The Kier molecular flexibility index (Phi) is 7.54. The molecule has 0 bridgehead atoms. The summed E-state index contributed by atoms with van der Waals surface area (Å²) in [7, 11) is 0. The number of piperidine rings is 1. The van der Waals surface area contributed by atoms with Gasteiger partial charge in [0.1, 0.15) is 5.60 Å². The predicted molar refractivity (Wildman–Crippen MR) is 140 cm³/mol. The van der Waals surface area contributed by atoms with Crippen LogP contribution in [-0.2, 0) is 4.74 Å². The molecule has 3 N–H and O–H groups in total. The zero-order valence-electron chi connectivity index (χ0n) is 20.6. The number of fused-ring (bicyclic) bond motifs is 1. The van der Waals surface area contributed by atoms with Crippen LogP contribution in [-0.4, -0.2) is 46.7 Å². The van der Waals surface area contributed by atoms with Gasteiger partial charge in [-0.2, -0.15) is 0 Å². The number of aromatic amines is 1. The Hall–Kier alpha value is -3.52. The van der Waals surface area contributed by atoms with Gasteiger partial charge in [0, 0.05) is 41.3 Å². The maximum atomic E-state index is 13.3. The second kappa shape index (κ2) is 10.6. The van der Waals surface area contributed by atoms with Crippen LogP contribution in [0.1, 0.15) is 50.8 Å². The minimum atomic E-state index is -0.656. The monoisotopic (exact) mass is 510 g/mol. The molecule has 1 fully saturated rings. The van der Waals surface area contributed by atoms with E-state index < -0.39 is 11.6 Å². The van der Waals surface area contributed by atoms with Crippen molar-refractivity contribution >= 4 is 34.6 Å². The quantitative estimate of drug-likeness (QED) is 0.461. The number of benzene rings is 2. The van der Waals surface area contributed by atoms with E-state index in [2.05, 4.69) is 15.6 Å². The molecule has 8 nitrogen and oxygen atoms in total. The van der Waals surface area contributed by atoms with E-state index in [1.54, 1.807) is 29.3 Å². The smallest absolute Gasteiger partial charge is 0.410 e. The summed E-state index contributed by atoms with van der Waals surface area (Å²) in [5.41, 5.74) is 1.10. The van der Waals surface area contributed by atoms with Crippen molar-refractivity contribution < 1.29 is 14.3 Å². The maximum absolute atomic E-state index is 13.3. The van der Waals surface area contributed by atoms with Gasteiger partial charge in [0.15, 0.2) is 5.43 Å². The molecule has 1 aliphatic heterocycles. The number of amides is 3. The van der Waals surface area contributed by atoms with Crippen LogP contribution in [0.5, 0.6) is 0 Å². The second-order valence-corrected chi connectivity index (χ2v) is 10.4. The summed E-state index contributed by atoms with van der Waals surface area (Å²) < 4.78 is 5.44. The summed E-state index contributed by atoms with van der Waals surface area (Å²) >= 11 is 6.07. The molecule has 9 heteroatoms. The number of H-pyrrole nitrogens is 1. The molecular formula is C27H31ClN4O4. The average molecular weight is 511 g/mol. The van der Waals surface area contributed by atoms with E-state index in [1.807, 2.05) is 51.1 Å². The topological polar surface area (TPSA) is 104 Å². The van der Waals surface area contributed by atoms with Crippen LogP contribution in [0.15, 0.2) is 59.5 Å². The van der Waals surface area contributed by atoms with Crippen LogP contribution >= 0.6 is 11.6 Å². The van der Waals surface area contributed by atoms with E-state index >= 15 is 0 Å². The van der Waals surface area contributed by atoms with E-state index in [0.717, 1.165) is 5.56 Å². The lowest BCUT2D eigenvalue weighted by Crippen LogP contribution is -2.50. The van der Waals surface area contributed by atoms with Crippen LogP contribution in [0.4, 0.5) is 9.59 Å². The standard InChI is InChI=1S/C27H31ClN4O4/c1-27(2,3)36-26(35)32-13-11-19(12-14-32)30-25(34)31-23(17-7-5-4-6-8-17)21-16-29-22-15-18(28)9-10-20(22)24(21)33/h4-10,15-16,19,23H,11-14H2,1-3H3,(H,29,33)(H2,30,31,34). The second-order valence-electron chi connectivity index (χ2n) is 9.97. The molecule has 1 saturated heterocycles. The molecule has 0 saturated carbocycles. The van der Waals surface area contributed by atoms with E-state index in [1.165, 1.54) is 0 Å². The highest BCUT2D eigenvalue weighted by molar-refractivity contribution is 6.31. The maximum Gasteiger partial charge on any atom is 0.410 e. The molecule has 4 rings (SSSR count). The van der Waals surface area contributed by atoms with E-state index in [0.29, 0.717) is 47.4 Å². The Balaban J connectivity index is 1.47. The molecule has 1 atom stereocenters. The molecule has 0 aliphatic carbocycles. The molecule has 2 aromatic carbocycles. The van der Waals surface area contributed by atoms with Crippen LogP contribution in [0, 0.1) is 0 Å². The number of aromatic nitrogens is 1. The first-order chi connectivity index (χ1) is 17.1. The molecule has 3 aromatic rings. The molecule has 1 aliphatic rings. The molecule has 36 heavy (non-hydrogen) atoms. The molecule has 0 radical (unpaired) electrons. The van der Waals surface area contributed by atoms with Gasteiger partial charge in [-0.3, -0.25) is 4.79 Å². The highest BCUT2D eigenvalue weighted by atomic mass is 35.5. The Morgan fingerprint density at radius 3 is 2.47 bits per heavy atom. The fourth-order valence-corrected chi connectivity index (χ4v) is 4.47. The fraction of sp³-hybridized carbons (Fsp3) is 0.370. The Bertz CT molecular complexity index is 1290. The van der Waals surface area contributed by atoms with Gasteiger partial charge in [-0.1, -0.05) is 41.9 Å². The number of nitrogens with one attached hydrogen (secondary N) is 3. The minimum Gasteiger partial charge on any atom is -0.444 e. The van der Waals surface area contributed by atoms with Crippen LogP contribution in [0.2, 0.25) is 5.02 Å². The zero-order chi connectivity index (χ0) is 25.9. The third-order valence-corrected chi connectivity index (χ3v) is 6.31. The van der Waals surface area contributed by atoms with Gasteiger partial charge in [0.05, 0.1) is 11.6 Å². The van der Waals surface area contributed by atoms with E-state index in [-0.39, 0.29) is 23.6 Å². The van der Waals surface area contributed by atoms with Crippen molar-refractivity contribution in [3.05, 3.63) is 81.1 Å². The number of likely N-dealkylation sites (tertiary alicyclic amines) is 1.